The Bertz CT molecular complexity index is 487. The second-order valence-corrected chi connectivity index (χ2v) is 5.04. The van der Waals surface area contributed by atoms with E-state index < -0.39 is 0 Å². The van der Waals surface area contributed by atoms with Gasteiger partial charge in [-0.2, -0.15) is 0 Å². The third-order valence-corrected chi connectivity index (χ3v) is 3.63. The maximum absolute atomic E-state index is 5.92. The van der Waals surface area contributed by atoms with Gasteiger partial charge in [-0.15, -0.1) is 11.3 Å². The smallest absolute Gasteiger partial charge is 0.106 e. The molecule has 2 heterocycles. The highest BCUT2D eigenvalue weighted by Crippen LogP contribution is 2.33. The summed E-state index contributed by atoms with van der Waals surface area (Å²) in [6.07, 6.45) is 0. The Morgan fingerprint density at radius 3 is 2.80 bits per heavy atom. The third kappa shape index (κ3) is 1.80. The minimum absolute atomic E-state index is 0.451. The molecule has 2 aromatic heterocycles. The lowest BCUT2D eigenvalue weighted by Gasteiger charge is -2.02. The van der Waals surface area contributed by atoms with E-state index in [2.05, 4.69) is 4.98 Å². The standard InChI is InChI=1S/C10H12ClN3S/c1-6-13-7(5-12)10(14(6)2)8-3-4-9(11)15-8/h3-4H,5,12H2,1-2H3. The molecule has 2 aromatic rings. The van der Waals surface area contributed by atoms with Crippen molar-refractivity contribution in [3.63, 3.8) is 0 Å². The van der Waals surface area contributed by atoms with Gasteiger partial charge in [0.15, 0.2) is 0 Å². The quantitative estimate of drug-likeness (QED) is 0.878. The molecular formula is C10H12ClN3S. The molecule has 80 valence electrons. The Morgan fingerprint density at radius 2 is 2.27 bits per heavy atom. The summed E-state index contributed by atoms with van der Waals surface area (Å²) in [5, 5.41) is 0. The summed E-state index contributed by atoms with van der Waals surface area (Å²) in [6, 6.07) is 3.90. The first-order chi connectivity index (χ1) is 7.13. The predicted molar refractivity (Wildman–Crippen MR) is 64.2 cm³/mol. The SMILES string of the molecule is Cc1nc(CN)c(-c2ccc(Cl)s2)n1C. The lowest BCUT2D eigenvalue weighted by molar-refractivity contribution is 0.866. The van der Waals surface area contributed by atoms with E-state index in [1.807, 2.05) is 30.7 Å². The van der Waals surface area contributed by atoms with Crippen LogP contribution in [0, 0.1) is 6.92 Å². The Labute approximate surface area is 97.5 Å². The van der Waals surface area contributed by atoms with Crippen LogP contribution in [0.2, 0.25) is 4.34 Å². The maximum atomic E-state index is 5.92. The first kappa shape index (κ1) is 10.7. The molecule has 0 amide bonds. The average molecular weight is 242 g/mol. The number of hydrogen-bond acceptors (Lipinski definition) is 3. The molecule has 0 radical (unpaired) electrons. The molecule has 0 bridgehead atoms. The Morgan fingerprint density at radius 1 is 1.53 bits per heavy atom. The zero-order valence-electron chi connectivity index (χ0n) is 8.62. The zero-order valence-corrected chi connectivity index (χ0v) is 10.2. The highest BCUT2D eigenvalue weighted by molar-refractivity contribution is 7.19. The van der Waals surface area contributed by atoms with Gasteiger partial charge in [0.2, 0.25) is 0 Å². The van der Waals surface area contributed by atoms with Gasteiger partial charge in [0, 0.05) is 13.6 Å². The second kappa shape index (κ2) is 3.96. The highest BCUT2D eigenvalue weighted by atomic mass is 35.5. The van der Waals surface area contributed by atoms with Crippen LogP contribution in [0.1, 0.15) is 11.5 Å². The number of nitrogens with zero attached hydrogens (tertiary/aromatic N) is 2. The number of nitrogens with two attached hydrogens (primary N) is 1. The molecule has 0 unspecified atom stereocenters. The van der Waals surface area contributed by atoms with Crippen LogP contribution >= 0.6 is 22.9 Å². The normalized spacial score (nSPS) is 10.9. The van der Waals surface area contributed by atoms with Gasteiger partial charge in [0.05, 0.1) is 20.6 Å². The number of hydrogen-bond donors (Lipinski definition) is 1. The van der Waals surface area contributed by atoms with E-state index in [0.717, 1.165) is 26.4 Å². The van der Waals surface area contributed by atoms with E-state index in [-0.39, 0.29) is 0 Å². The molecule has 0 spiro atoms. The minimum atomic E-state index is 0.451. The van der Waals surface area contributed by atoms with Crippen molar-refractivity contribution in [2.75, 3.05) is 0 Å². The summed E-state index contributed by atoms with van der Waals surface area (Å²) in [5.41, 5.74) is 7.67. The summed E-state index contributed by atoms with van der Waals surface area (Å²) in [6.45, 7) is 2.42. The van der Waals surface area contributed by atoms with Crippen molar-refractivity contribution in [3.8, 4) is 10.6 Å². The number of rotatable bonds is 2. The van der Waals surface area contributed by atoms with Gasteiger partial charge in [-0.25, -0.2) is 4.98 Å². The zero-order chi connectivity index (χ0) is 11.0. The Hall–Kier alpha value is -0.840. The first-order valence-electron chi connectivity index (χ1n) is 4.61. The molecule has 0 aromatic carbocycles. The van der Waals surface area contributed by atoms with Gasteiger partial charge in [-0.3, -0.25) is 0 Å². The summed E-state index contributed by atoms with van der Waals surface area (Å²) >= 11 is 7.47. The fourth-order valence-corrected chi connectivity index (χ4v) is 2.72. The van der Waals surface area contributed by atoms with E-state index in [9.17, 15) is 0 Å². The molecule has 5 heteroatoms. The van der Waals surface area contributed by atoms with Crippen LogP contribution in [-0.4, -0.2) is 9.55 Å². The van der Waals surface area contributed by atoms with Gasteiger partial charge in [-0.05, 0) is 19.1 Å². The predicted octanol–water partition coefficient (Wildman–Crippen LogP) is 2.57. The number of imidazole rings is 1. The van der Waals surface area contributed by atoms with E-state index in [4.69, 9.17) is 17.3 Å². The fourth-order valence-electron chi connectivity index (χ4n) is 1.57. The molecule has 0 aliphatic rings. The van der Waals surface area contributed by atoms with Crippen molar-refractivity contribution < 1.29 is 0 Å². The van der Waals surface area contributed by atoms with Crippen LogP contribution in [0.15, 0.2) is 12.1 Å². The van der Waals surface area contributed by atoms with Crippen molar-refractivity contribution in [1.29, 1.82) is 0 Å². The molecule has 0 aliphatic heterocycles. The van der Waals surface area contributed by atoms with Gasteiger partial charge < -0.3 is 10.3 Å². The number of thiophene rings is 1. The van der Waals surface area contributed by atoms with E-state index in [1.54, 1.807) is 11.3 Å². The van der Waals surface area contributed by atoms with Gasteiger partial charge in [0.1, 0.15) is 5.82 Å². The fraction of sp³-hybridized carbons (Fsp3) is 0.300. The largest absolute Gasteiger partial charge is 0.330 e. The molecule has 0 atom stereocenters. The second-order valence-electron chi connectivity index (χ2n) is 3.32. The van der Waals surface area contributed by atoms with Gasteiger partial charge in [0.25, 0.3) is 0 Å². The Balaban J connectivity index is 2.60. The van der Waals surface area contributed by atoms with Crippen LogP contribution < -0.4 is 5.73 Å². The lowest BCUT2D eigenvalue weighted by atomic mass is 10.3. The van der Waals surface area contributed by atoms with Crippen LogP contribution in [0.25, 0.3) is 10.6 Å². The third-order valence-electron chi connectivity index (χ3n) is 2.39. The molecule has 0 aliphatic carbocycles. The number of aromatic nitrogens is 2. The van der Waals surface area contributed by atoms with Crippen LogP contribution in [0.4, 0.5) is 0 Å². The van der Waals surface area contributed by atoms with Gasteiger partial charge in [-0.1, -0.05) is 11.6 Å². The van der Waals surface area contributed by atoms with E-state index >= 15 is 0 Å². The van der Waals surface area contributed by atoms with Crippen LogP contribution in [0.3, 0.4) is 0 Å². The van der Waals surface area contributed by atoms with E-state index in [0.29, 0.717) is 6.54 Å². The summed E-state index contributed by atoms with van der Waals surface area (Å²) < 4.78 is 2.83. The molecule has 0 saturated carbocycles. The number of halogens is 1. The number of aryl methyl sites for hydroxylation is 1. The van der Waals surface area contributed by atoms with Gasteiger partial charge >= 0.3 is 0 Å². The Kier molecular flexibility index (Phi) is 2.82. The molecular weight excluding hydrogens is 230 g/mol. The van der Waals surface area contributed by atoms with E-state index in [1.165, 1.54) is 0 Å². The molecule has 2 rings (SSSR count). The van der Waals surface area contributed by atoms with Crippen LogP contribution in [0.5, 0.6) is 0 Å². The van der Waals surface area contributed by atoms with Crippen molar-refractivity contribution in [2.24, 2.45) is 12.8 Å². The summed E-state index contributed by atoms with van der Waals surface area (Å²) in [7, 11) is 1.99. The first-order valence-corrected chi connectivity index (χ1v) is 5.81. The monoisotopic (exact) mass is 241 g/mol. The molecule has 3 nitrogen and oxygen atoms in total. The molecule has 0 saturated heterocycles. The highest BCUT2D eigenvalue weighted by Gasteiger charge is 2.14. The summed E-state index contributed by atoms with van der Waals surface area (Å²) in [4.78, 5) is 5.53. The maximum Gasteiger partial charge on any atom is 0.106 e. The molecule has 2 N–H and O–H groups in total. The lowest BCUT2D eigenvalue weighted by Crippen LogP contribution is -1.99. The molecule has 15 heavy (non-hydrogen) atoms. The minimum Gasteiger partial charge on any atom is -0.330 e. The van der Waals surface area contributed by atoms with Crippen LogP contribution in [-0.2, 0) is 13.6 Å². The van der Waals surface area contributed by atoms with Crippen molar-refractivity contribution in [1.82, 2.24) is 9.55 Å². The topological polar surface area (TPSA) is 43.8 Å². The van der Waals surface area contributed by atoms with Crippen molar-refractivity contribution in [3.05, 3.63) is 28.0 Å². The van der Waals surface area contributed by atoms with Crippen molar-refractivity contribution >= 4 is 22.9 Å². The molecule has 0 fully saturated rings. The average Bonchev–Trinajstić information content (AvgIpc) is 2.73. The summed E-state index contributed by atoms with van der Waals surface area (Å²) in [5.74, 6) is 0.968. The van der Waals surface area contributed by atoms with Crippen molar-refractivity contribution in [2.45, 2.75) is 13.5 Å².